The maximum atomic E-state index is 12.1. The molecule has 0 spiro atoms. The fourth-order valence-corrected chi connectivity index (χ4v) is 2.31. The first-order valence-electron chi connectivity index (χ1n) is 6.55. The number of H-pyrrole nitrogens is 1. The molecular formula is C14H16N4O3S. The first-order chi connectivity index (χ1) is 10.5. The number of anilines is 1. The molecule has 7 nitrogen and oxygen atoms in total. The van der Waals surface area contributed by atoms with Crippen molar-refractivity contribution in [3.8, 4) is 5.75 Å². The van der Waals surface area contributed by atoms with Gasteiger partial charge in [-0.05, 0) is 38.1 Å². The van der Waals surface area contributed by atoms with Crippen molar-refractivity contribution >= 4 is 23.4 Å². The zero-order chi connectivity index (χ0) is 16.1. The summed E-state index contributed by atoms with van der Waals surface area (Å²) in [5, 5.41) is 10.2. The van der Waals surface area contributed by atoms with Gasteiger partial charge in [-0.1, -0.05) is 11.8 Å². The smallest absolute Gasteiger partial charge is 0.273 e. The van der Waals surface area contributed by atoms with Gasteiger partial charge in [-0.15, -0.1) is 10.2 Å². The number of nitrogens with zero attached hydrogens (tertiary/aromatic N) is 2. The average molecular weight is 320 g/mol. The van der Waals surface area contributed by atoms with Crippen LogP contribution in [0.4, 0.5) is 5.69 Å². The highest BCUT2D eigenvalue weighted by Gasteiger charge is 2.16. The molecule has 2 aromatic rings. The Morgan fingerprint density at radius 1 is 1.32 bits per heavy atom. The summed E-state index contributed by atoms with van der Waals surface area (Å²) in [6.07, 6.45) is 0. The highest BCUT2D eigenvalue weighted by atomic mass is 32.2. The minimum atomic E-state index is -0.435. The summed E-state index contributed by atoms with van der Waals surface area (Å²) in [5.41, 5.74) is 0.654. The fraction of sp³-hybridized carbons (Fsp3) is 0.286. The molecule has 0 bridgehead atoms. The lowest BCUT2D eigenvalue weighted by Crippen LogP contribution is -2.23. The number of carbonyl (C=O) groups excluding carboxylic acids is 1. The van der Waals surface area contributed by atoms with Crippen LogP contribution in [0.5, 0.6) is 5.75 Å². The molecule has 2 N–H and O–H groups in total. The van der Waals surface area contributed by atoms with Crippen molar-refractivity contribution in [1.82, 2.24) is 15.2 Å². The van der Waals surface area contributed by atoms with Gasteiger partial charge < -0.3 is 10.1 Å². The van der Waals surface area contributed by atoms with Crippen molar-refractivity contribution in [2.45, 2.75) is 24.3 Å². The second-order valence-corrected chi connectivity index (χ2v) is 5.85. The number of amides is 1. The van der Waals surface area contributed by atoms with Crippen molar-refractivity contribution in [3.05, 3.63) is 40.3 Å². The van der Waals surface area contributed by atoms with E-state index in [-0.39, 0.29) is 11.5 Å². The molecule has 1 heterocycles. The van der Waals surface area contributed by atoms with E-state index in [1.807, 2.05) is 0 Å². The van der Waals surface area contributed by atoms with Gasteiger partial charge in [0, 0.05) is 5.69 Å². The average Bonchev–Trinajstić information content (AvgIpc) is 2.51. The molecule has 0 aliphatic rings. The molecule has 0 aliphatic carbocycles. The molecule has 1 unspecified atom stereocenters. The molecule has 8 heteroatoms. The van der Waals surface area contributed by atoms with E-state index in [9.17, 15) is 9.59 Å². The minimum absolute atomic E-state index is 0.196. The van der Waals surface area contributed by atoms with Gasteiger partial charge in [0.1, 0.15) is 11.4 Å². The van der Waals surface area contributed by atoms with Gasteiger partial charge in [0.15, 0.2) is 5.16 Å². The molecule has 0 fully saturated rings. The minimum Gasteiger partial charge on any atom is -0.497 e. The normalized spacial score (nSPS) is 11.8. The van der Waals surface area contributed by atoms with Gasteiger partial charge >= 0.3 is 0 Å². The molecule has 1 atom stereocenters. The SMILES string of the molecule is COc1ccc(NC(=O)C(C)Sc2nnc(C)c(=O)[nH]2)cc1. The van der Waals surface area contributed by atoms with Gasteiger partial charge in [-0.25, -0.2) is 0 Å². The maximum absolute atomic E-state index is 12.1. The van der Waals surface area contributed by atoms with Crippen LogP contribution in [0, 0.1) is 6.92 Å². The fourth-order valence-electron chi connectivity index (χ4n) is 1.57. The van der Waals surface area contributed by atoms with Crippen molar-refractivity contribution in [2.75, 3.05) is 12.4 Å². The number of nitrogens with one attached hydrogen (secondary N) is 2. The van der Waals surface area contributed by atoms with E-state index in [1.54, 1.807) is 45.2 Å². The Bertz CT molecular complexity index is 715. The summed E-state index contributed by atoms with van der Waals surface area (Å²) in [6.45, 7) is 3.30. The van der Waals surface area contributed by atoms with Crippen molar-refractivity contribution in [1.29, 1.82) is 0 Å². The molecule has 1 aromatic carbocycles. The van der Waals surface area contributed by atoms with Gasteiger partial charge in [-0.2, -0.15) is 0 Å². The standard InChI is InChI=1S/C14H16N4O3S/c1-8-12(19)16-14(18-17-8)22-9(2)13(20)15-10-4-6-11(21-3)7-5-10/h4-7,9H,1-3H3,(H,15,20)(H,16,18,19). The maximum Gasteiger partial charge on any atom is 0.273 e. The van der Waals surface area contributed by atoms with Crippen LogP contribution in [-0.2, 0) is 4.79 Å². The van der Waals surface area contributed by atoms with E-state index >= 15 is 0 Å². The van der Waals surface area contributed by atoms with E-state index in [4.69, 9.17) is 4.74 Å². The van der Waals surface area contributed by atoms with Crippen LogP contribution in [0.15, 0.2) is 34.2 Å². The molecule has 0 aliphatic heterocycles. The molecule has 0 radical (unpaired) electrons. The third kappa shape index (κ3) is 4.08. The molecule has 1 amide bonds. The van der Waals surface area contributed by atoms with Gasteiger partial charge in [-0.3, -0.25) is 14.6 Å². The van der Waals surface area contributed by atoms with Crippen molar-refractivity contribution in [3.63, 3.8) is 0 Å². The Labute approximate surface area is 131 Å². The zero-order valence-corrected chi connectivity index (χ0v) is 13.2. The molecule has 0 saturated heterocycles. The summed E-state index contributed by atoms with van der Waals surface area (Å²) >= 11 is 1.14. The number of hydrogen-bond acceptors (Lipinski definition) is 6. The van der Waals surface area contributed by atoms with Gasteiger partial charge in [0.2, 0.25) is 5.91 Å². The van der Waals surface area contributed by atoms with Crippen LogP contribution in [0.1, 0.15) is 12.6 Å². The summed E-state index contributed by atoms with van der Waals surface area (Å²) in [4.78, 5) is 26.2. The molecule has 0 saturated carbocycles. The summed E-state index contributed by atoms with van der Waals surface area (Å²) in [7, 11) is 1.58. The highest BCUT2D eigenvalue weighted by molar-refractivity contribution is 8.00. The van der Waals surface area contributed by atoms with Crippen LogP contribution < -0.4 is 15.6 Å². The predicted octanol–water partition coefficient (Wildman–Crippen LogP) is 1.60. The molecular weight excluding hydrogens is 304 g/mol. The van der Waals surface area contributed by atoms with Crippen molar-refractivity contribution < 1.29 is 9.53 Å². The predicted molar refractivity (Wildman–Crippen MR) is 84.3 cm³/mol. The highest BCUT2D eigenvalue weighted by Crippen LogP contribution is 2.20. The second-order valence-electron chi connectivity index (χ2n) is 4.52. The molecule has 22 heavy (non-hydrogen) atoms. The number of ether oxygens (including phenoxy) is 1. The summed E-state index contributed by atoms with van der Waals surface area (Å²) in [6, 6.07) is 7.02. The monoisotopic (exact) mass is 320 g/mol. The van der Waals surface area contributed by atoms with E-state index in [0.717, 1.165) is 11.8 Å². The topological polar surface area (TPSA) is 97.0 Å². The lowest BCUT2D eigenvalue weighted by molar-refractivity contribution is -0.115. The molecule has 1 aromatic heterocycles. The Kier molecular flexibility index (Phi) is 5.16. The van der Waals surface area contributed by atoms with E-state index in [1.165, 1.54) is 0 Å². The second kappa shape index (κ2) is 7.08. The Morgan fingerprint density at radius 2 is 2.00 bits per heavy atom. The number of carbonyl (C=O) groups is 1. The third-order valence-corrected chi connectivity index (χ3v) is 3.83. The van der Waals surface area contributed by atoms with Crippen LogP contribution in [0.25, 0.3) is 0 Å². The third-order valence-electron chi connectivity index (χ3n) is 2.86. The Balaban J connectivity index is 1.98. The summed E-state index contributed by atoms with van der Waals surface area (Å²) < 4.78 is 5.06. The van der Waals surface area contributed by atoms with Crippen LogP contribution >= 0.6 is 11.8 Å². The number of methoxy groups -OCH3 is 1. The number of aryl methyl sites for hydroxylation is 1. The number of aromatic amines is 1. The first kappa shape index (κ1) is 16.0. The largest absolute Gasteiger partial charge is 0.497 e. The lowest BCUT2D eigenvalue weighted by atomic mass is 10.3. The van der Waals surface area contributed by atoms with Crippen LogP contribution in [-0.4, -0.2) is 33.4 Å². The number of hydrogen-bond donors (Lipinski definition) is 2. The number of benzene rings is 1. The van der Waals surface area contributed by atoms with E-state index < -0.39 is 5.25 Å². The lowest BCUT2D eigenvalue weighted by Gasteiger charge is -2.11. The van der Waals surface area contributed by atoms with Crippen molar-refractivity contribution in [2.24, 2.45) is 0 Å². The number of rotatable bonds is 5. The van der Waals surface area contributed by atoms with Gasteiger partial charge in [0.25, 0.3) is 5.56 Å². The number of thioether (sulfide) groups is 1. The Hall–Kier alpha value is -2.35. The van der Waals surface area contributed by atoms with Crippen LogP contribution in [0.3, 0.4) is 0 Å². The van der Waals surface area contributed by atoms with Gasteiger partial charge in [0.05, 0.1) is 12.4 Å². The molecule has 2 rings (SSSR count). The van der Waals surface area contributed by atoms with E-state index in [0.29, 0.717) is 22.3 Å². The Morgan fingerprint density at radius 3 is 2.59 bits per heavy atom. The first-order valence-corrected chi connectivity index (χ1v) is 7.42. The number of aromatic nitrogens is 3. The molecule has 116 valence electrons. The van der Waals surface area contributed by atoms with E-state index in [2.05, 4.69) is 20.5 Å². The summed E-state index contributed by atoms with van der Waals surface area (Å²) in [5.74, 6) is 0.520. The zero-order valence-electron chi connectivity index (χ0n) is 12.4. The quantitative estimate of drug-likeness (QED) is 0.812. The van der Waals surface area contributed by atoms with Crippen LogP contribution in [0.2, 0.25) is 0 Å².